The van der Waals surface area contributed by atoms with E-state index >= 15 is 0 Å². The Hall–Kier alpha value is -2.16. The third kappa shape index (κ3) is 3.44. The number of hydrogen-bond acceptors (Lipinski definition) is 3. The highest BCUT2D eigenvalue weighted by molar-refractivity contribution is 6.01. The van der Waals surface area contributed by atoms with Gasteiger partial charge in [0, 0.05) is 23.4 Å². The van der Waals surface area contributed by atoms with Crippen LogP contribution in [-0.2, 0) is 0 Å². The Morgan fingerprint density at radius 3 is 2.40 bits per heavy atom. The van der Waals surface area contributed by atoms with Crippen molar-refractivity contribution in [2.45, 2.75) is 27.2 Å². The standard InChI is InChI=1S/C17H19N2O/c1-12-6-4-5-7-15(12)8-9-17(19-20)16-10-13(2)18-14(3)11-16/h4-8,10-11,20H,9H2,1-3H3. The number of oxime groups is 1. The van der Waals surface area contributed by atoms with Crippen molar-refractivity contribution in [3.05, 3.63) is 70.9 Å². The van der Waals surface area contributed by atoms with Gasteiger partial charge in [-0.2, -0.15) is 0 Å². The molecule has 20 heavy (non-hydrogen) atoms. The molecule has 3 nitrogen and oxygen atoms in total. The molecule has 2 rings (SSSR count). The molecule has 0 atom stereocenters. The van der Waals surface area contributed by atoms with Crippen LogP contribution >= 0.6 is 0 Å². The van der Waals surface area contributed by atoms with Crippen molar-refractivity contribution in [3.8, 4) is 0 Å². The molecule has 1 aromatic heterocycles. The SMILES string of the molecule is Cc1cc(C(C[CH]c2ccccc2C)=NO)cc(C)n1. The summed E-state index contributed by atoms with van der Waals surface area (Å²) < 4.78 is 0. The van der Waals surface area contributed by atoms with Gasteiger partial charge < -0.3 is 5.21 Å². The van der Waals surface area contributed by atoms with Crippen LogP contribution in [0.15, 0.2) is 41.6 Å². The number of pyridine rings is 1. The molecule has 0 amide bonds. The number of hydrogen-bond donors (Lipinski definition) is 1. The maximum atomic E-state index is 9.26. The lowest BCUT2D eigenvalue weighted by atomic mass is 9.99. The minimum Gasteiger partial charge on any atom is -0.411 e. The summed E-state index contributed by atoms with van der Waals surface area (Å²) in [5.74, 6) is 0. The van der Waals surface area contributed by atoms with E-state index in [1.54, 1.807) is 0 Å². The molecule has 0 aliphatic heterocycles. The molecule has 1 aromatic carbocycles. The first-order valence-corrected chi connectivity index (χ1v) is 6.65. The van der Waals surface area contributed by atoms with E-state index in [1.165, 1.54) is 5.56 Å². The molecule has 0 unspecified atom stereocenters. The molecule has 0 aliphatic carbocycles. The Labute approximate surface area is 120 Å². The lowest BCUT2D eigenvalue weighted by Gasteiger charge is -2.08. The van der Waals surface area contributed by atoms with E-state index in [2.05, 4.69) is 35.6 Å². The van der Waals surface area contributed by atoms with Gasteiger partial charge in [0.2, 0.25) is 0 Å². The van der Waals surface area contributed by atoms with E-state index in [4.69, 9.17) is 0 Å². The number of benzene rings is 1. The first kappa shape index (κ1) is 14.3. The van der Waals surface area contributed by atoms with Crippen molar-refractivity contribution in [1.29, 1.82) is 0 Å². The van der Waals surface area contributed by atoms with E-state index in [0.29, 0.717) is 12.1 Å². The van der Waals surface area contributed by atoms with E-state index in [1.807, 2.05) is 38.1 Å². The molecule has 0 fully saturated rings. The van der Waals surface area contributed by atoms with Gasteiger partial charge in [-0.25, -0.2) is 0 Å². The number of aromatic nitrogens is 1. The summed E-state index contributed by atoms with van der Waals surface area (Å²) in [4.78, 5) is 4.34. The summed E-state index contributed by atoms with van der Waals surface area (Å²) in [7, 11) is 0. The summed E-state index contributed by atoms with van der Waals surface area (Å²) in [5, 5.41) is 12.7. The van der Waals surface area contributed by atoms with Crippen molar-refractivity contribution < 1.29 is 5.21 Å². The predicted octanol–water partition coefficient (Wildman–Crippen LogP) is 3.83. The fraction of sp³-hybridized carbons (Fsp3) is 0.235. The highest BCUT2D eigenvalue weighted by atomic mass is 16.4. The van der Waals surface area contributed by atoms with Crippen molar-refractivity contribution in [2.24, 2.45) is 5.16 Å². The summed E-state index contributed by atoms with van der Waals surface area (Å²) >= 11 is 0. The van der Waals surface area contributed by atoms with Crippen LogP contribution in [-0.4, -0.2) is 15.9 Å². The second kappa shape index (κ2) is 6.33. The molecule has 3 heteroatoms. The Morgan fingerprint density at radius 1 is 1.15 bits per heavy atom. The molecule has 1 radical (unpaired) electrons. The van der Waals surface area contributed by atoms with Crippen LogP contribution in [0, 0.1) is 27.2 Å². The summed E-state index contributed by atoms with van der Waals surface area (Å²) in [6, 6.07) is 12.0. The van der Waals surface area contributed by atoms with Gasteiger partial charge in [-0.15, -0.1) is 0 Å². The van der Waals surface area contributed by atoms with Crippen LogP contribution in [0.3, 0.4) is 0 Å². The summed E-state index contributed by atoms with van der Waals surface area (Å²) in [6.45, 7) is 5.95. The van der Waals surface area contributed by atoms with Gasteiger partial charge >= 0.3 is 0 Å². The fourth-order valence-electron chi connectivity index (χ4n) is 2.24. The molecule has 0 aliphatic rings. The first-order chi connectivity index (χ1) is 9.60. The Kier molecular flexibility index (Phi) is 4.51. The summed E-state index contributed by atoms with van der Waals surface area (Å²) in [6.07, 6.45) is 2.67. The van der Waals surface area contributed by atoms with E-state index in [9.17, 15) is 5.21 Å². The maximum absolute atomic E-state index is 9.26. The zero-order valence-electron chi connectivity index (χ0n) is 12.1. The monoisotopic (exact) mass is 267 g/mol. The van der Waals surface area contributed by atoms with Gasteiger partial charge in [-0.3, -0.25) is 4.98 Å². The third-order valence-corrected chi connectivity index (χ3v) is 3.24. The number of rotatable bonds is 4. The molecule has 1 N–H and O–H groups in total. The Balaban J connectivity index is 2.16. The molecule has 0 saturated carbocycles. The average molecular weight is 267 g/mol. The van der Waals surface area contributed by atoms with E-state index in [0.717, 1.165) is 22.5 Å². The van der Waals surface area contributed by atoms with Crippen LogP contribution in [0.2, 0.25) is 0 Å². The second-order valence-corrected chi connectivity index (χ2v) is 4.95. The van der Waals surface area contributed by atoms with Gasteiger partial charge in [0.25, 0.3) is 0 Å². The van der Waals surface area contributed by atoms with Crippen molar-refractivity contribution >= 4 is 5.71 Å². The number of aryl methyl sites for hydroxylation is 3. The van der Waals surface area contributed by atoms with Crippen molar-refractivity contribution in [1.82, 2.24) is 4.98 Å². The van der Waals surface area contributed by atoms with Crippen molar-refractivity contribution in [2.75, 3.05) is 0 Å². The lowest BCUT2D eigenvalue weighted by Crippen LogP contribution is -2.04. The quantitative estimate of drug-likeness (QED) is 0.520. The smallest absolute Gasteiger partial charge is 0.0875 e. The average Bonchev–Trinajstić information content (AvgIpc) is 2.40. The number of nitrogens with zero attached hydrogens (tertiary/aromatic N) is 2. The normalized spacial score (nSPS) is 11.7. The van der Waals surface area contributed by atoms with Gasteiger partial charge in [-0.05, 0) is 50.5 Å². The molecule has 0 spiro atoms. The van der Waals surface area contributed by atoms with E-state index < -0.39 is 0 Å². The predicted molar refractivity (Wildman–Crippen MR) is 81.2 cm³/mol. The molecule has 0 saturated heterocycles. The largest absolute Gasteiger partial charge is 0.411 e. The van der Waals surface area contributed by atoms with Gasteiger partial charge in [-0.1, -0.05) is 29.4 Å². The fourth-order valence-corrected chi connectivity index (χ4v) is 2.24. The van der Waals surface area contributed by atoms with Crippen LogP contribution in [0.25, 0.3) is 0 Å². The zero-order chi connectivity index (χ0) is 14.5. The topological polar surface area (TPSA) is 45.5 Å². The molecular weight excluding hydrogens is 248 g/mol. The maximum Gasteiger partial charge on any atom is 0.0875 e. The Bertz CT molecular complexity index is 612. The minimum absolute atomic E-state index is 0.588. The second-order valence-electron chi connectivity index (χ2n) is 4.95. The van der Waals surface area contributed by atoms with Gasteiger partial charge in [0.1, 0.15) is 0 Å². The van der Waals surface area contributed by atoms with E-state index in [-0.39, 0.29) is 0 Å². The zero-order valence-corrected chi connectivity index (χ0v) is 12.1. The van der Waals surface area contributed by atoms with Crippen molar-refractivity contribution in [3.63, 3.8) is 0 Å². The molecule has 2 aromatic rings. The molecule has 103 valence electrons. The molecular formula is C17H19N2O. The highest BCUT2D eigenvalue weighted by Gasteiger charge is 2.08. The summed E-state index contributed by atoms with van der Waals surface area (Å²) in [5.41, 5.74) is 5.81. The van der Waals surface area contributed by atoms with Gasteiger partial charge in [0.15, 0.2) is 0 Å². The van der Waals surface area contributed by atoms with Gasteiger partial charge in [0.05, 0.1) is 5.71 Å². The Morgan fingerprint density at radius 2 is 1.80 bits per heavy atom. The van der Waals surface area contributed by atoms with Crippen LogP contribution in [0.5, 0.6) is 0 Å². The molecule has 0 bridgehead atoms. The van der Waals surface area contributed by atoms with Crippen LogP contribution < -0.4 is 0 Å². The van der Waals surface area contributed by atoms with Crippen LogP contribution in [0.4, 0.5) is 0 Å². The minimum atomic E-state index is 0.588. The lowest BCUT2D eigenvalue weighted by molar-refractivity contribution is 0.318. The first-order valence-electron chi connectivity index (χ1n) is 6.65. The van der Waals surface area contributed by atoms with Crippen LogP contribution in [0.1, 0.15) is 34.5 Å². The molecule has 1 heterocycles. The third-order valence-electron chi connectivity index (χ3n) is 3.24. The highest BCUT2D eigenvalue weighted by Crippen LogP contribution is 2.15.